The third kappa shape index (κ3) is 16.6. The fourth-order valence-electron chi connectivity index (χ4n) is 2.01. The fourth-order valence-corrected chi connectivity index (χ4v) is 2.01. The summed E-state index contributed by atoms with van der Waals surface area (Å²) in [6.07, 6.45) is 17.7. The van der Waals surface area contributed by atoms with Crippen LogP contribution in [0.4, 0.5) is 0 Å². The number of allylic oxidation sites excluding steroid dienone is 4. The molecule has 0 rings (SSSR count). The number of carboxylic acid groups (broad SMARTS) is 1. The number of carbonyl (C=O) groups excluding carboxylic acids is 1. The van der Waals surface area contributed by atoms with E-state index in [-0.39, 0.29) is 6.42 Å². The number of hydrogen-bond donors (Lipinski definition) is 1. The first-order valence-electron chi connectivity index (χ1n) is 8.20. The van der Waals surface area contributed by atoms with Crippen molar-refractivity contribution in [3.05, 3.63) is 24.3 Å². The Morgan fingerprint density at radius 3 is 1.95 bits per heavy atom. The Morgan fingerprint density at radius 2 is 1.33 bits per heavy atom. The monoisotopic (exact) mass is 294 g/mol. The molecule has 1 N–H and O–H groups in total. The number of rotatable bonds is 14. The molecule has 0 atom stereocenters. The average Bonchev–Trinajstić information content (AvgIpc) is 2.45. The molecule has 21 heavy (non-hydrogen) atoms. The maximum atomic E-state index is 11.6. The molecule has 0 aliphatic carbocycles. The van der Waals surface area contributed by atoms with Crippen LogP contribution in [0.15, 0.2) is 24.3 Å². The van der Waals surface area contributed by atoms with Crippen LogP contribution in [0.25, 0.3) is 0 Å². The van der Waals surface area contributed by atoms with E-state index < -0.39 is 5.97 Å². The van der Waals surface area contributed by atoms with E-state index in [1.165, 1.54) is 0 Å². The van der Waals surface area contributed by atoms with Crippen LogP contribution < -0.4 is 0 Å². The van der Waals surface area contributed by atoms with E-state index in [1.807, 2.05) is 6.08 Å². The Kier molecular flexibility index (Phi) is 14.0. The lowest BCUT2D eigenvalue weighted by Gasteiger charge is -1.98. The molecular formula is C18H30O3. The van der Waals surface area contributed by atoms with Gasteiger partial charge in [-0.05, 0) is 51.4 Å². The molecule has 3 nitrogen and oxygen atoms in total. The zero-order valence-electron chi connectivity index (χ0n) is 13.4. The zero-order chi connectivity index (χ0) is 15.8. The van der Waals surface area contributed by atoms with Crippen molar-refractivity contribution < 1.29 is 14.7 Å². The second-order valence-corrected chi connectivity index (χ2v) is 5.31. The van der Waals surface area contributed by atoms with E-state index in [1.54, 1.807) is 0 Å². The van der Waals surface area contributed by atoms with E-state index in [0.29, 0.717) is 18.6 Å². The van der Waals surface area contributed by atoms with Crippen molar-refractivity contribution in [3.63, 3.8) is 0 Å². The SMILES string of the molecule is CC/C=C\CCCCC(=O)CC/C=C\CCCCC(=O)O. The molecule has 120 valence electrons. The average molecular weight is 294 g/mol. The maximum Gasteiger partial charge on any atom is 0.303 e. The maximum absolute atomic E-state index is 11.6. The molecule has 0 amide bonds. The molecule has 0 unspecified atom stereocenters. The molecule has 0 bridgehead atoms. The second kappa shape index (κ2) is 15.0. The first-order chi connectivity index (χ1) is 10.2. The van der Waals surface area contributed by atoms with E-state index >= 15 is 0 Å². The minimum Gasteiger partial charge on any atom is -0.481 e. The van der Waals surface area contributed by atoms with Gasteiger partial charge in [0.25, 0.3) is 0 Å². The van der Waals surface area contributed by atoms with Crippen molar-refractivity contribution in [2.75, 3.05) is 0 Å². The van der Waals surface area contributed by atoms with Gasteiger partial charge in [0.05, 0.1) is 0 Å². The zero-order valence-corrected chi connectivity index (χ0v) is 13.4. The van der Waals surface area contributed by atoms with E-state index in [2.05, 4.69) is 25.2 Å². The molecule has 0 aromatic carbocycles. The van der Waals surface area contributed by atoms with Crippen LogP contribution in [0.1, 0.15) is 77.6 Å². The molecule has 3 heteroatoms. The minimum absolute atomic E-state index is 0.250. The highest BCUT2D eigenvalue weighted by molar-refractivity contribution is 5.78. The summed E-state index contributed by atoms with van der Waals surface area (Å²) in [7, 11) is 0. The summed E-state index contributed by atoms with van der Waals surface area (Å²) in [4.78, 5) is 21.9. The third-order valence-electron chi connectivity index (χ3n) is 3.25. The molecule has 0 radical (unpaired) electrons. The highest BCUT2D eigenvalue weighted by Gasteiger charge is 1.99. The molecule has 0 aromatic rings. The molecular weight excluding hydrogens is 264 g/mol. The Labute approximate surface area is 129 Å². The quantitative estimate of drug-likeness (QED) is 0.360. The number of carbonyl (C=O) groups is 2. The molecule has 0 aliphatic heterocycles. The second-order valence-electron chi connectivity index (χ2n) is 5.31. The van der Waals surface area contributed by atoms with E-state index in [4.69, 9.17) is 5.11 Å². The minimum atomic E-state index is -0.727. The predicted molar refractivity (Wildman–Crippen MR) is 87.4 cm³/mol. The Balaban J connectivity index is 3.36. The van der Waals surface area contributed by atoms with Gasteiger partial charge >= 0.3 is 5.97 Å². The van der Waals surface area contributed by atoms with Crippen molar-refractivity contribution in [2.24, 2.45) is 0 Å². The van der Waals surface area contributed by atoms with Crippen molar-refractivity contribution >= 4 is 11.8 Å². The summed E-state index contributed by atoms with van der Waals surface area (Å²) < 4.78 is 0. The van der Waals surface area contributed by atoms with Gasteiger partial charge in [-0.2, -0.15) is 0 Å². The van der Waals surface area contributed by atoms with Crippen molar-refractivity contribution in [2.45, 2.75) is 77.6 Å². The first-order valence-corrected chi connectivity index (χ1v) is 8.20. The number of unbranched alkanes of at least 4 members (excludes halogenated alkanes) is 4. The van der Waals surface area contributed by atoms with Gasteiger partial charge in [-0.15, -0.1) is 0 Å². The topological polar surface area (TPSA) is 54.4 Å². The van der Waals surface area contributed by atoms with Crippen LogP contribution in [0.3, 0.4) is 0 Å². The number of ketones is 1. The summed E-state index contributed by atoms with van der Waals surface area (Å²) >= 11 is 0. The van der Waals surface area contributed by atoms with Gasteiger partial charge < -0.3 is 5.11 Å². The van der Waals surface area contributed by atoms with Gasteiger partial charge in [0.15, 0.2) is 0 Å². The molecule has 0 saturated heterocycles. The van der Waals surface area contributed by atoms with Gasteiger partial charge in [-0.1, -0.05) is 31.2 Å². The van der Waals surface area contributed by atoms with Crippen LogP contribution in [-0.4, -0.2) is 16.9 Å². The predicted octanol–water partition coefficient (Wildman–Crippen LogP) is 5.06. The largest absolute Gasteiger partial charge is 0.481 e. The lowest BCUT2D eigenvalue weighted by Crippen LogP contribution is -1.96. The summed E-state index contributed by atoms with van der Waals surface area (Å²) in [5.74, 6) is -0.375. The van der Waals surface area contributed by atoms with Crippen molar-refractivity contribution in [1.29, 1.82) is 0 Å². The van der Waals surface area contributed by atoms with Crippen molar-refractivity contribution in [1.82, 2.24) is 0 Å². The smallest absolute Gasteiger partial charge is 0.303 e. The molecule has 0 saturated carbocycles. The normalized spacial score (nSPS) is 11.5. The van der Waals surface area contributed by atoms with Crippen LogP contribution in [0.2, 0.25) is 0 Å². The van der Waals surface area contributed by atoms with Gasteiger partial charge in [0.2, 0.25) is 0 Å². The summed E-state index contributed by atoms with van der Waals surface area (Å²) in [5.41, 5.74) is 0. The number of Topliss-reactive ketones (excluding diaryl/α,β-unsaturated/α-hetero) is 1. The van der Waals surface area contributed by atoms with Gasteiger partial charge in [0.1, 0.15) is 5.78 Å². The van der Waals surface area contributed by atoms with Crippen molar-refractivity contribution in [3.8, 4) is 0 Å². The van der Waals surface area contributed by atoms with Gasteiger partial charge in [-0.3, -0.25) is 9.59 Å². The molecule has 0 spiro atoms. The van der Waals surface area contributed by atoms with Gasteiger partial charge in [0, 0.05) is 19.3 Å². The highest BCUT2D eigenvalue weighted by atomic mass is 16.4. The number of carboxylic acids is 1. The number of hydrogen-bond acceptors (Lipinski definition) is 2. The highest BCUT2D eigenvalue weighted by Crippen LogP contribution is 2.06. The summed E-state index contributed by atoms with van der Waals surface area (Å²) in [5, 5.41) is 8.49. The molecule has 0 aliphatic rings. The first kappa shape index (κ1) is 19.6. The van der Waals surface area contributed by atoms with Crippen LogP contribution >= 0.6 is 0 Å². The van der Waals surface area contributed by atoms with E-state index in [9.17, 15) is 9.59 Å². The van der Waals surface area contributed by atoms with Gasteiger partial charge in [-0.25, -0.2) is 0 Å². The van der Waals surface area contributed by atoms with Crippen LogP contribution in [0, 0.1) is 0 Å². The number of aliphatic carboxylic acids is 1. The Hall–Kier alpha value is -1.38. The Bertz CT molecular complexity index is 329. The fraction of sp³-hybridized carbons (Fsp3) is 0.667. The lowest BCUT2D eigenvalue weighted by atomic mass is 10.1. The standard InChI is InChI=1S/C18H30O3/c1-2-3-4-5-8-11-14-17(19)15-12-9-6-7-10-13-16-18(20)21/h3-4,6,9H,2,5,7-8,10-16H2,1H3,(H,20,21)/b4-3-,9-6-. The lowest BCUT2D eigenvalue weighted by molar-refractivity contribution is -0.137. The van der Waals surface area contributed by atoms with Crippen LogP contribution in [0.5, 0.6) is 0 Å². The third-order valence-corrected chi connectivity index (χ3v) is 3.25. The molecule has 0 heterocycles. The van der Waals surface area contributed by atoms with E-state index in [0.717, 1.165) is 51.4 Å². The van der Waals surface area contributed by atoms with Crippen LogP contribution in [-0.2, 0) is 9.59 Å². The summed E-state index contributed by atoms with van der Waals surface area (Å²) in [6.45, 7) is 2.12. The summed E-state index contributed by atoms with van der Waals surface area (Å²) in [6, 6.07) is 0. The molecule has 0 aromatic heterocycles. The molecule has 0 fully saturated rings. The Morgan fingerprint density at radius 1 is 0.762 bits per heavy atom.